The van der Waals surface area contributed by atoms with Gasteiger partial charge in [0.2, 0.25) is 0 Å². The summed E-state index contributed by atoms with van der Waals surface area (Å²) in [5, 5.41) is 5.72. The molecule has 30 heavy (non-hydrogen) atoms. The number of nitrogens with zero attached hydrogens (tertiary/aromatic N) is 1. The average molecular weight is 418 g/mol. The molecular weight excluding hydrogens is 382 g/mol. The van der Waals surface area contributed by atoms with Crippen LogP contribution in [0.1, 0.15) is 52.4 Å². The summed E-state index contributed by atoms with van der Waals surface area (Å²) in [5.41, 5.74) is 0.745. The molecule has 0 aromatic heterocycles. The number of carbonyl (C=O) groups excluding carboxylic acids is 3. The van der Waals surface area contributed by atoms with E-state index in [0.29, 0.717) is 38.4 Å². The van der Waals surface area contributed by atoms with Crippen LogP contribution < -0.4 is 10.6 Å². The van der Waals surface area contributed by atoms with E-state index in [1.54, 1.807) is 4.90 Å². The summed E-state index contributed by atoms with van der Waals surface area (Å²) in [4.78, 5) is 38.3. The zero-order valence-electron chi connectivity index (χ0n) is 18.2. The number of carbonyl (C=O) groups is 3. The highest BCUT2D eigenvalue weighted by Crippen LogP contribution is 2.19. The number of unbranched alkanes of at least 4 members (excludes halogenated alkanes) is 1. The molecule has 1 saturated heterocycles. The maximum absolute atomic E-state index is 12.3. The van der Waals surface area contributed by atoms with E-state index in [0.717, 1.165) is 31.4 Å². The van der Waals surface area contributed by atoms with Crippen molar-refractivity contribution < 1.29 is 19.1 Å². The average Bonchev–Trinajstić information content (AvgIpc) is 2.78. The second-order valence-corrected chi connectivity index (χ2v) is 7.89. The van der Waals surface area contributed by atoms with Crippen LogP contribution in [0.25, 0.3) is 0 Å². The van der Waals surface area contributed by atoms with E-state index in [-0.39, 0.29) is 30.4 Å². The third kappa shape index (κ3) is 8.05. The van der Waals surface area contributed by atoms with Crippen LogP contribution in [0.5, 0.6) is 0 Å². The Morgan fingerprint density at radius 1 is 1.13 bits per heavy atom. The molecule has 0 spiro atoms. The molecule has 0 radical (unpaired) electrons. The Hall–Kier alpha value is -2.57. The summed E-state index contributed by atoms with van der Waals surface area (Å²) < 4.78 is 5.21. The predicted molar refractivity (Wildman–Crippen MR) is 117 cm³/mol. The molecule has 0 bridgehead atoms. The highest BCUT2D eigenvalue weighted by atomic mass is 16.5. The number of rotatable bonds is 10. The molecule has 7 nitrogen and oxygen atoms in total. The van der Waals surface area contributed by atoms with Gasteiger partial charge in [-0.05, 0) is 37.3 Å². The highest BCUT2D eigenvalue weighted by Gasteiger charge is 2.28. The Bertz CT molecular complexity index is 672. The van der Waals surface area contributed by atoms with Gasteiger partial charge < -0.3 is 20.3 Å². The van der Waals surface area contributed by atoms with Crippen LogP contribution in [0.2, 0.25) is 0 Å². The summed E-state index contributed by atoms with van der Waals surface area (Å²) in [6, 6.07) is 9.12. The van der Waals surface area contributed by atoms with Crippen molar-refractivity contribution in [2.45, 2.75) is 52.4 Å². The fourth-order valence-electron chi connectivity index (χ4n) is 3.55. The third-order valence-corrected chi connectivity index (χ3v) is 5.62. The van der Waals surface area contributed by atoms with E-state index in [4.69, 9.17) is 4.74 Å². The Labute approximate surface area is 179 Å². The molecule has 0 unspecified atom stereocenters. The molecule has 0 saturated carbocycles. The third-order valence-electron chi connectivity index (χ3n) is 5.62. The largest absolute Gasteiger partial charge is 0.455 e. The van der Waals surface area contributed by atoms with Crippen molar-refractivity contribution in [2.75, 3.05) is 31.6 Å². The Balaban J connectivity index is 1.65. The lowest BCUT2D eigenvalue weighted by atomic mass is 9.97. The van der Waals surface area contributed by atoms with Gasteiger partial charge in [0.15, 0.2) is 6.61 Å². The van der Waals surface area contributed by atoms with Crippen molar-refractivity contribution in [2.24, 2.45) is 11.8 Å². The van der Waals surface area contributed by atoms with E-state index in [2.05, 4.69) is 24.5 Å². The first-order valence-electron chi connectivity index (χ1n) is 11.1. The number of esters is 1. The minimum Gasteiger partial charge on any atom is -0.455 e. The number of benzene rings is 1. The van der Waals surface area contributed by atoms with Crippen LogP contribution in [-0.4, -0.2) is 49.0 Å². The lowest BCUT2D eigenvalue weighted by molar-refractivity contribution is -0.153. The lowest BCUT2D eigenvalue weighted by Crippen LogP contribution is -2.43. The van der Waals surface area contributed by atoms with Gasteiger partial charge in [-0.25, -0.2) is 4.79 Å². The molecule has 2 rings (SSSR count). The Kier molecular flexibility index (Phi) is 10.2. The van der Waals surface area contributed by atoms with Crippen molar-refractivity contribution in [3.8, 4) is 0 Å². The number of hydrogen-bond donors (Lipinski definition) is 2. The van der Waals surface area contributed by atoms with E-state index >= 15 is 0 Å². The monoisotopic (exact) mass is 417 g/mol. The molecule has 1 fully saturated rings. The quantitative estimate of drug-likeness (QED) is 0.567. The molecule has 1 aromatic carbocycles. The van der Waals surface area contributed by atoms with Gasteiger partial charge in [0.1, 0.15) is 0 Å². The number of ether oxygens (including phenoxy) is 1. The van der Waals surface area contributed by atoms with Crippen molar-refractivity contribution in [3.63, 3.8) is 0 Å². The molecule has 1 heterocycles. The van der Waals surface area contributed by atoms with Gasteiger partial charge in [-0.15, -0.1) is 0 Å². The minimum absolute atomic E-state index is 0.166. The van der Waals surface area contributed by atoms with Crippen LogP contribution in [-0.2, 0) is 14.3 Å². The van der Waals surface area contributed by atoms with Crippen LogP contribution in [0, 0.1) is 11.8 Å². The fourth-order valence-corrected chi connectivity index (χ4v) is 3.55. The molecule has 2 N–H and O–H groups in total. The van der Waals surface area contributed by atoms with E-state index in [1.165, 1.54) is 0 Å². The maximum atomic E-state index is 12.3. The number of hydrogen-bond acceptors (Lipinski definition) is 4. The Morgan fingerprint density at radius 3 is 2.47 bits per heavy atom. The number of para-hydroxylation sites is 1. The van der Waals surface area contributed by atoms with Gasteiger partial charge in [0.25, 0.3) is 5.91 Å². The molecule has 1 aromatic rings. The van der Waals surface area contributed by atoms with Crippen LogP contribution in [0.15, 0.2) is 30.3 Å². The summed E-state index contributed by atoms with van der Waals surface area (Å²) in [6.07, 6.45) is 5.51. The van der Waals surface area contributed by atoms with Gasteiger partial charge in [0.05, 0.1) is 5.92 Å². The molecular formula is C23H35N3O4. The van der Waals surface area contributed by atoms with Gasteiger partial charge in [-0.1, -0.05) is 51.3 Å². The molecule has 166 valence electrons. The minimum atomic E-state index is -0.355. The maximum Gasteiger partial charge on any atom is 0.321 e. The summed E-state index contributed by atoms with van der Waals surface area (Å²) >= 11 is 0. The van der Waals surface area contributed by atoms with Gasteiger partial charge >= 0.3 is 12.0 Å². The van der Waals surface area contributed by atoms with Crippen LogP contribution >= 0.6 is 0 Å². The summed E-state index contributed by atoms with van der Waals surface area (Å²) in [7, 11) is 0. The zero-order chi connectivity index (χ0) is 21.8. The second-order valence-electron chi connectivity index (χ2n) is 7.89. The first kappa shape index (κ1) is 23.7. The van der Waals surface area contributed by atoms with Crippen molar-refractivity contribution in [1.29, 1.82) is 0 Å². The van der Waals surface area contributed by atoms with Crippen LogP contribution in [0.4, 0.5) is 10.5 Å². The highest BCUT2D eigenvalue weighted by molar-refractivity contribution is 5.89. The first-order chi connectivity index (χ1) is 14.5. The number of amides is 3. The van der Waals surface area contributed by atoms with Gasteiger partial charge in [-0.2, -0.15) is 0 Å². The topological polar surface area (TPSA) is 87.7 Å². The van der Waals surface area contributed by atoms with Gasteiger partial charge in [0, 0.05) is 25.3 Å². The van der Waals surface area contributed by atoms with Crippen LogP contribution in [0.3, 0.4) is 0 Å². The normalized spacial score (nSPS) is 15.3. The standard InChI is InChI=1S/C23H35N3O4/c1-3-5-9-18(4-2)16-24-21(27)17-30-22(28)19-12-14-26(15-13-19)23(29)25-20-10-7-6-8-11-20/h6-8,10-11,18-19H,3-5,9,12-17H2,1-2H3,(H,24,27)(H,25,29)/t18-/m0/s1. The van der Waals surface area contributed by atoms with Crippen molar-refractivity contribution in [3.05, 3.63) is 30.3 Å². The first-order valence-corrected chi connectivity index (χ1v) is 11.1. The Morgan fingerprint density at radius 2 is 1.83 bits per heavy atom. The number of anilines is 1. The van der Waals surface area contributed by atoms with Crippen molar-refractivity contribution in [1.82, 2.24) is 10.2 Å². The number of nitrogens with one attached hydrogen (secondary N) is 2. The molecule has 7 heteroatoms. The van der Waals surface area contributed by atoms with E-state index in [1.807, 2.05) is 30.3 Å². The number of urea groups is 1. The smallest absolute Gasteiger partial charge is 0.321 e. The molecule has 1 aliphatic rings. The number of likely N-dealkylation sites (tertiary alicyclic amines) is 1. The SMILES string of the molecule is CCCC[C@H](CC)CNC(=O)COC(=O)C1CCN(C(=O)Nc2ccccc2)CC1. The van der Waals surface area contributed by atoms with Crippen molar-refractivity contribution >= 4 is 23.6 Å². The van der Waals surface area contributed by atoms with Gasteiger partial charge in [-0.3, -0.25) is 9.59 Å². The van der Waals surface area contributed by atoms with E-state index in [9.17, 15) is 14.4 Å². The van der Waals surface area contributed by atoms with E-state index < -0.39 is 0 Å². The summed E-state index contributed by atoms with van der Waals surface area (Å²) in [6.45, 7) is 5.64. The molecule has 1 atom stereocenters. The molecule has 0 aliphatic carbocycles. The summed E-state index contributed by atoms with van der Waals surface area (Å²) in [5.74, 6) is -0.410. The fraction of sp³-hybridized carbons (Fsp3) is 0.609. The predicted octanol–water partition coefficient (Wildman–Crippen LogP) is 3.81. The lowest BCUT2D eigenvalue weighted by Gasteiger charge is -2.30. The zero-order valence-corrected chi connectivity index (χ0v) is 18.2. The number of piperidine rings is 1. The molecule has 3 amide bonds. The molecule has 1 aliphatic heterocycles. The second kappa shape index (κ2) is 12.9.